The maximum Gasteiger partial charge on any atom is 0.256 e. The maximum absolute atomic E-state index is 13.1. The summed E-state index contributed by atoms with van der Waals surface area (Å²) >= 11 is 0. The van der Waals surface area contributed by atoms with E-state index in [0.717, 1.165) is 11.3 Å². The fourth-order valence-electron chi connectivity index (χ4n) is 3.16. The molecule has 0 aliphatic heterocycles. The molecule has 0 saturated carbocycles. The Balaban J connectivity index is 1.62. The van der Waals surface area contributed by atoms with Crippen LogP contribution in [0.5, 0.6) is 0 Å². The van der Waals surface area contributed by atoms with Crippen LogP contribution < -0.4 is 5.32 Å². The number of carbonyl (C=O) groups is 1. The summed E-state index contributed by atoms with van der Waals surface area (Å²) in [6.45, 7) is 4.23. The van der Waals surface area contributed by atoms with Crippen molar-refractivity contribution in [2.45, 2.75) is 20.4 Å². The van der Waals surface area contributed by atoms with Crippen LogP contribution in [0.3, 0.4) is 0 Å². The first-order chi connectivity index (χ1) is 13.5. The highest BCUT2D eigenvalue weighted by atomic mass is 19.1. The lowest BCUT2D eigenvalue weighted by molar-refractivity contribution is 0.102. The summed E-state index contributed by atoms with van der Waals surface area (Å²) < 4.78 is 14.9. The topological polar surface area (TPSA) is 72.7 Å². The van der Waals surface area contributed by atoms with Crippen LogP contribution in [0, 0.1) is 19.7 Å². The van der Waals surface area contributed by atoms with Gasteiger partial charge in [0.1, 0.15) is 5.82 Å². The van der Waals surface area contributed by atoms with E-state index in [-0.39, 0.29) is 11.7 Å². The number of aryl methyl sites for hydroxylation is 1. The van der Waals surface area contributed by atoms with Gasteiger partial charge in [0.05, 0.1) is 34.7 Å². The van der Waals surface area contributed by atoms with Crippen molar-refractivity contribution in [1.29, 1.82) is 0 Å². The first-order valence-electron chi connectivity index (χ1n) is 8.81. The quantitative estimate of drug-likeness (QED) is 0.587. The van der Waals surface area contributed by atoms with Crippen molar-refractivity contribution < 1.29 is 9.18 Å². The van der Waals surface area contributed by atoms with E-state index >= 15 is 0 Å². The number of aromatic nitrogens is 4. The normalized spacial score (nSPS) is 11.0. The van der Waals surface area contributed by atoms with E-state index in [1.165, 1.54) is 12.1 Å². The first kappa shape index (κ1) is 17.8. The Morgan fingerprint density at radius 2 is 1.89 bits per heavy atom. The standard InChI is InChI=1S/C21H18FN5O/c1-13-20(14(2)27(26-13)12-15-3-5-16(22)6-4-15)25-21(28)17-7-10-24-19-8-9-23-11-18(17)19/h3-11H,12H2,1-2H3,(H,25,28). The average molecular weight is 375 g/mol. The van der Waals surface area contributed by atoms with Crippen molar-refractivity contribution in [2.24, 2.45) is 0 Å². The lowest BCUT2D eigenvalue weighted by Crippen LogP contribution is -2.14. The molecule has 0 aliphatic rings. The molecule has 0 radical (unpaired) electrons. The molecule has 1 amide bonds. The Kier molecular flexibility index (Phi) is 4.57. The van der Waals surface area contributed by atoms with Gasteiger partial charge >= 0.3 is 0 Å². The van der Waals surface area contributed by atoms with Gasteiger partial charge in [0.15, 0.2) is 0 Å². The van der Waals surface area contributed by atoms with Gasteiger partial charge in [-0.15, -0.1) is 0 Å². The molecular formula is C21H18FN5O. The molecule has 0 saturated heterocycles. The van der Waals surface area contributed by atoms with Crippen LogP contribution in [-0.2, 0) is 6.54 Å². The molecule has 140 valence electrons. The van der Waals surface area contributed by atoms with E-state index in [2.05, 4.69) is 20.4 Å². The van der Waals surface area contributed by atoms with E-state index < -0.39 is 0 Å². The Hall–Kier alpha value is -3.61. The number of anilines is 1. The van der Waals surface area contributed by atoms with Gasteiger partial charge in [-0.3, -0.25) is 19.4 Å². The minimum atomic E-state index is -0.274. The van der Waals surface area contributed by atoms with Crippen LogP contribution in [0.15, 0.2) is 55.0 Å². The van der Waals surface area contributed by atoms with Gasteiger partial charge in [-0.25, -0.2) is 4.39 Å². The lowest BCUT2D eigenvalue weighted by Gasteiger charge is -2.09. The fraction of sp³-hybridized carbons (Fsp3) is 0.143. The van der Waals surface area contributed by atoms with Crippen LogP contribution in [-0.4, -0.2) is 25.7 Å². The average Bonchev–Trinajstić information content (AvgIpc) is 2.96. The zero-order chi connectivity index (χ0) is 19.7. The minimum absolute atomic E-state index is 0.243. The summed E-state index contributed by atoms with van der Waals surface area (Å²) in [5.41, 5.74) is 4.35. The number of pyridine rings is 2. The number of halogens is 1. The van der Waals surface area contributed by atoms with Crippen molar-refractivity contribution in [2.75, 3.05) is 5.32 Å². The highest BCUT2D eigenvalue weighted by Gasteiger charge is 2.17. The molecule has 0 bridgehead atoms. The van der Waals surface area contributed by atoms with Gasteiger partial charge in [0.25, 0.3) is 5.91 Å². The number of carbonyl (C=O) groups excluding carboxylic acids is 1. The Morgan fingerprint density at radius 1 is 1.11 bits per heavy atom. The highest BCUT2D eigenvalue weighted by molar-refractivity contribution is 6.12. The van der Waals surface area contributed by atoms with Crippen molar-refractivity contribution in [3.05, 3.63) is 83.3 Å². The molecule has 0 aliphatic carbocycles. The smallest absolute Gasteiger partial charge is 0.256 e. The number of rotatable bonds is 4. The zero-order valence-corrected chi connectivity index (χ0v) is 15.5. The third kappa shape index (κ3) is 3.34. The van der Waals surface area contributed by atoms with Gasteiger partial charge in [-0.05, 0) is 43.7 Å². The minimum Gasteiger partial charge on any atom is -0.319 e. The third-order valence-electron chi connectivity index (χ3n) is 4.65. The van der Waals surface area contributed by atoms with E-state index in [4.69, 9.17) is 0 Å². The molecule has 0 spiro atoms. The predicted octanol–water partition coefficient (Wildman–Crippen LogP) is 3.88. The molecular weight excluding hydrogens is 357 g/mol. The van der Waals surface area contributed by atoms with Gasteiger partial charge in [-0.1, -0.05) is 12.1 Å². The summed E-state index contributed by atoms with van der Waals surface area (Å²) in [6.07, 6.45) is 4.88. The molecule has 7 heteroatoms. The second-order valence-corrected chi connectivity index (χ2v) is 6.54. The van der Waals surface area contributed by atoms with Crippen LogP contribution in [0.1, 0.15) is 27.3 Å². The summed E-state index contributed by atoms with van der Waals surface area (Å²) in [7, 11) is 0. The van der Waals surface area contributed by atoms with Gasteiger partial charge < -0.3 is 5.32 Å². The van der Waals surface area contributed by atoms with E-state index in [0.29, 0.717) is 34.4 Å². The molecule has 0 unspecified atom stereocenters. The molecule has 4 rings (SSSR count). The van der Waals surface area contributed by atoms with Crippen molar-refractivity contribution in [3.8, 4) is 0 Å². The third-order valence-corrected chi connectivity index (χ3v) is 4.65. The molecule has 1 N–H and O–H groups in total. The number of benzene rings is 1. The van der Waals surface area contributed by atoms with Gasteiger partial charge in [0.2, 0.25) is 0 Å². The summed E-state index contributed by atoms with van der Waals surface area (Å²) in [4.78, 5) is 21.2. The van der Waals surface area contributed by atoms with Crippen LogP contribution in [0.2, 0.25) is 0 Å². The number of nitrogens with one attached hydrogen (secondary N) is 1. The molecule has 0 atom stereocenters. The number of nitrogens with zero attached hydrogens (tertiary/aromatic N) is 4. The summed E-state index contributed by atoms with van der Waals surface area (Å²) in [5.74, 6) is -0.517. The van der Waals surface area contributed by atoms with Crippen LogP contribution in [0.25, 0.3) is 10.9 Å². The fourth-order valence-corrected chi connectivity index (χ4v) is 3.16. The van der Waals surface area contributed by atoms with E-state index in [1.807, 2.05) is 13.8 Å². The molecule has 3 aromatic heterocycles. The summed E-state index contributed by atoms with van der Waals surface area (Å²) in [5, 5.41) is 8.18. The lowest BCUT2D eigenvalue weighted by atomic mass is 10.1. The molecule has 6 nitrogen and oxygen atoms in total. The zero-order valence-electron chi connectivity index (χ0n) is 15.5. The number of hydrogen-bond donors (Lipinski definition) is 1. The van der Waals surface area contributed by atoms with Gasteiger partial charge in [-0.2, -0.15) is 5.10 Å². The molecule has 4 aromatic rings. The van der Waals surface area contributed by atoms with Crippen LogP contribution >= 0.6 is 0 Å². The van der Waals surface area contributed by atoms with Crippen molar-refractivity contribution in [3.63, 3.8) is 0 Å². The predicted molar refractivity (Wildman–Crippen MR) is 105 cm³/mol. The second kappa shape index (κ2) is 7.19. The molecule has 1 aromatic carbocycles. The largest absolute Gasteiger partial charge is 0.319 e. The van der Waals surface area contributed by atoms with Crippen molar-refractivity contribution >= 4 is 22.5 Å². The SMILES string of the molecule is Cc1nn(Cc2ccc(F)cc2)c(C)c1NC(=O)c1ccnc2ccncc12. The second-order valence-electron chi connectivity index (χ2n) is 6.54. The monoisotopic (exact) mass is 375 g/mol. The Morgan fingerprint density at radius 3 is 2.68 bits per heavy atom. The Bertz CT molecular complexity index is 1160. The highest BCUT2D eigenvalue weighted by Crippen LogP contribution is 2.23. The first-order valence-corrected chi connectivity index (χ1v) is 8.81. The molecule has 28 heavy (non-hydrogen) atoms. The summed E-state index contributed by atoms with van der Waals surface area (Å²) in [6, 6.07) is 9.73. The van der Waals surface area contributed by atoms with E-state index in [1.54, 1.807) is 47.5 Å². The maximum atomic E-state index is 13.1. The Labute approximate surface area is 161 Å². The van der Waals surface area contributed by atoms with Crippen LogP contribution in [0.4, 0.5) is 10.1 Å². The number of amides is 1. The van der Waals surface area contributed by atoms with Gasteiger partial charge in [0, 0.05) is 24.0 Å². The molecule has 0 fully saturated rings. The number of fused-ring (bicyclic) bond motifs is 1. The van der Waals surface area contributed by atoms with Crippen molar-refractivity contribution in [1.82, 2.24) is 19.7 Å². The molecule has 3 heterocycles. The van der Waals surface area contributed by atoms with E-state index in [9.17, 15) is 9.18 Å². The number of hydrogen-bond acceptors (Lipinski definition) is 4.